The second-order valence-electron chi connectivity index (χ2n) is 3.55. The first-order chi connectivity index (χ1) is 6.74. The monoisotopic (exact) mass is 202 g/mol. The molecule has 1 rings (SSSR count). The fourth-order valence-electron chi connectivity index (χ4n) is 1.48. The summed E-state index contributed by atoms with van der Waals surface area (Å²) in [7, 11) is 1.50. The molecule has 82 valence electrons. The van der Waals surface area contributed by atoms with Crippen LogP contribution in [0.3, 0.4) is 0 Å². The van der Waals surface area contributed by atoms with Crippen LogP contribution in [0.2, 0.25) is 0 Å². The lowest BCUT2D eigenvalue weighted by Gasteiger charge is -2.14. The number of amides is 1. The Labute approximate surface area is 83.9 Å². The Morgan fingerprint density at radius 3 is 2.79 bits per heavy atom. The van der Waals surface area contributed by atoms with Crippen LogP contribution in [0.4, 0.5) is 0 Å². The highest BCUT2D eigenvalue weighted by Crippen LogP contribution is 2.19. The van der Waals surface area contributed by atoms with E-state index in [0.717, 1.165) is 12.8 Å². The highest BCUT2D eigenvalue weighted by molar-refractivity contribution is 5.80. The number of carbonyl (C=O) groups excluding carboxylic acids is 1. The van der Waals surface area contributed by atoms with Crippen molar-refractivity contribution >= 4 is 5.91 Å². The van der Waals surface area contributed by atoms with Crippen LogP contribution in [-0.4, -0.2) is 31.8 Å². The molecule has 1 unspecified atom stereocenters. The topological polar surface area (TPSA) is 73.6 Å². The quantitative estimate of drug-likeness (QED) is 0.613. The summed E-state index contributed by atoms with van der Waals surface area (Å²) in [4.78, 5) is 16.4. The lowest BCUT2D eigenvalue weighted by Crippen LogP contribution is -2.44. The molecule has 0 aromatic carbocycles. The van der Waals surface area contributed by atoms with Crippen LogP contribution in [0, 0.1) is 0 Å². The molecular formula is C9H18N2O3. The number of nitrogens with two attached hydrogens (primary N) is 1. The van der Waals surface area contributed by atoms with Crippen molar-refractivity contribution in [2.45, 2.75) is 37.8 Å². The van der Waals surface area contributed by atoms with Gasteiger partial charge in [0.05, 0.1) is 12.7 Å². The van der Waals surface area contributed by atoms with Gasteiger partial charge in [0.25, 0.3) is 5.91 Å². The molecule has 1 amide bonds. The summed E-state index contributed by atoms with van der Waals surface area (Å²) in [6, 6.07) is -0.651. The smallest absolute Gasteiger partial charge is 0.262 e. The van der Waals surface area contributed by atoms with Crippen molar-refractivity contribution in [2.75, 3.05) is 13.7 Å². The summed E-state index contributed by atoms with van der Waals surface area (Å²) in [6.07, 6.45) is 4.53. The fraction of sp³-hybridized carbons (Fsp3) is 0.889. The molecule has 5 heteroatoms. The maximum atomic E-state index is 11.2. The lowest BCUT2D eigenvalue weighted by molar-refractivity contribution is -0.140. The Morgan fingerprint density at radius 1 is 1.57 bits per heavy atom. The van der Waals surface area contributed by atoms with Crippen LogP contribution in [0.5, 0.6) is 0 Å². The molecule has 0 bridgehead atoms. The maximum absolute atomic E-state index is 11.2. The lowest BCUT2D eigenvalue weighted by atomic mass is 10.3. The van der Waals surface area contributed by atoms with Gasteiger partial charge in [0.2, 0.25) is 0 Å². The van der Waals surface area contributed by atoms with Crippen LogP contribution < -0.4 is 11.2 Å². The molecule has 0 aromatic heterocycles. The zero-order valence-corrected chi connectivity index (χ0v) is 8.49. The van der Waals surface area contributed by atoms with E-state index in [9.17, 15) is 4.79 Å². The molecular weight excluding hydrogens is 184 g/mol. The van der Waals surface area contributed by atoms with Gasteiger partial charge in [-0.1, -0.05) is 12.8 Å². The number of ether oxygens (including phenoxy) is 1. The van der Waals surface area contributed by atoms with Crippen molar-refractivity contribution in [1.29, 1.82) is 0 Å². The number of methoxy groups -OCH3 is 1. The van der Waals surface area contributed by atoms with Crippen LogP contribution in [0.15, 0.2) is 0 Å². The predicted molar refractivity (Wildman–Crippen MR) is 51.3 cm³/mol. The normalized spacial score (nSPS) is 19.6. The second kappa shape index (κ2) is 5.95. The average Bonchev–Trinajstić information content (AvgIpc) is 2.67. The SMILES string of the molecule is COCC(N)C(=O)NOC1CCCC1. The van der Waals surface area contributed by atoms with Gasteiger partial charge in [-0.25, -0.2) is 5.48 Å². The molecule has 3 N–H and O–H groups in total. The largest absolute Gasteiger partial charge is 0.383 e. The Morgan fingerprint density at radius 2 is 2.21 bits per heavy atom. The zero-order chi connectivity index (χ0) is 10.4. The van der Waals surface area contributed by atoms with Crippen molar-refractivity contribution in [3.05, 3.63) is 0 Å². The highest BCUT2D eigenvalue weighted by atomic mass is 16.7. The maximum Gasteiger partial charge on any atom is 0.262 e. The molecule has 0 aromatic rings. The van der Waals surface area contributed by atoms with Gasteiger partial charge < -0.3 is 10.5 Å². The van der Waals surface area contributed by atoms with Crippen molar-refractivity contribution in [3.63, 3.8) is 0 Å². The van der Waals surface area contributed by atoms with E-state index < -0.39 is 6.04 Å². The van der Waals surface area contributed by atoms with Crippen molar-refractivity contribution < 1.29 is 14.4 Å². The van der Waals surface area contributed by atoms with Crippen molar-refractivity contribution in [3.8, 4) is 0 Å². The number of carbonyl (C=O) groups is 1. The third-order valence-corrected chi connectivity index (χ3v) is 2.31. The van der Waals surface area contributed by atoms with Crippen LogP contribution in [0.1, 0.15) is 25.7 Å². The van der Waals surface area contributed by atoms with Gasteiger partial charge in [-0.05, 0) is 12.8 Å². The number of hydrogen-bond acceptors (Lipinski definition) is 4. The third-order valence-electron chi connectivity index (χ3n) is 2.31. The minimum Gasteiger partial charge on any atom is -0.383 e. The Hall–Kier alpha value is -0.650. The summed E-state index contributed by atoms with van der Waals surface area (Å²) in [5.74, 6) is -0.321. The van der Waals surface area contributed by atoms with Gasteiger partial charge in [0.1, 0.15) is 6.04 Å². The molecule has 0 radical (unpaired) electrons. The predicted octanol–water partition coefficient (Wildman–Crippen LogP) is -0.0495. The number of rotatable bonds is 5. The summed E-state index contributed by atoms with van der Waals surface area (Å²) in [5.41, 5.74) is 7.86. The first kappa shape index (κ1) is 11.4. The van der Waals surface area contributed by atoms with E-state index in [1.165, 1.54) is 20.0 Å². The van der Waals surface area contributed by atoms with Gasteiger partial charge >= 0.3 is 0 Å². The van der Waals surface area contributed by atoms with E-state index in [2.05, 4.69) is 5.48 Å². The standard InChI is InChI=1S/C9H18N2O3/c1-13-6-8(10)9(12)11-14-7-4-2-3-5-7/h7-8H,2-6,10H2,1H3,(H,11,12). The first-order valence-corrected chi connectivity index (χ1v) is 4.94. The number of nitrogens with one attached hydrogen (secondary N) is 1. The van der Waals surface area contributed by atoms with E-state index >= 15 is 0 Å². The molecule has 1 aliphatic rings. The van der Waals surface area contributed by atoms with Crippen molar-refractivity contribution in [2.24, 2.45) is 5.73 Å². The fourth-order valence-corrected chi connectivity index (χ4v) is 1.48. The van der Waals surface area contributed by atoms with Crippen LogP contribution in [0.25, 0.3) is 0 Å². The van der Waals surface area contributed by atoms with E-state index in [1.54, 1.807) is 0 Å². The van der Waals surface area contributed by atoms with E-state index in [4.69, 9.17) is 15.3 Å². The number of hydroxylamine groups is 1. The molecule has 14 heavy (non-hydrogen) atoms. The van der Waals surface area contributed by atoms with Crippen molar-refractivity contribution in [1.82, 2.24) is 5.48 Å². The summed E-state index contributed by atoms with van der Waals surface area (Å²) in [6.45, 7) is 0.208. The Bertz CT molecular complexity index is 181. The van der Waals surface area contributed by atoms with E-state index in [1.807, 2.05) is 0 Å². The molecule has 0 heterocycles. The van der Waals surface area contributed by atoms with E-state index in [-0.39, 0.29) is 18.6 Å². The summed E-state index contributed by atoms with van der Waals surface area (Å²) >= 11 is 0. The minimum absolute atomic E-state index is 0.161. The van der Waals surface area contributed by atoms with Gasteiger partial charge in [-0.3, -0.25) is 9.63 Å². The van der Waals surface area contributed by atoms with Crippen LogP contribution in [-0.2, 0) is 14.4 Å². The van der Waals surface area contributed by atoms with Gasteiger partial charge in [0.15, 0.2) is 0 Å². The second-order valence-corrected chi connectivity index (χ2v) is 3.55. The summed E-state index contributed by atoms with van der Waals surface area (Å²) < 4.78 is 4.76. The first-order valence-electron chi connectivity index (χ1n) is 4.94. The summed E-state index contributed by atoms with van der Waals surface area (Å²) in [5, 5.41) is 0. The third kappa shape index (κ3) is 3.61. The molecule has 0 spiro atoms. The molecule has 1 aliphatic carbocycles. The Kier molecular flexibility index (Phi) is 4.86. The van der Waals surface area contributed by atoms with Gasteiger partial charge in [-0.15, -0.1) is 0 Å². The Balaban J connectivity index is 2.13. The molecule has 1 fully saturated rings. The molecule has 1 atom stereocenters. The van der Waals surface area contributed by atoms with E-state index in [0.29, 0.717) is 0 Å². The van der Waals surface area contributed by atoms with Crippen LogP contribution >= 0.6 is 0 Å². The highest BCUT2D eigenvalue weighted by Gasteiger charge is 2.19. The molecule has 0 saturated heterocycles. The molecule has 1 saturated carbocycles. The average molecular weight is 202 g/mol. The molecule has 5 nitrogen and oxygen atoms in total. The minimum atomic E-state index is -0.651. The number of hydrogen-bond donors (Lipinski definition) is 2. The zero-order valence-electron chi connectivity index (χ0n) is 8.49. The van der Waals surface area contributed by atoms with Gasteiger partial charge in [0, 0.05) is 7.11 Å². The van der Waals surface area contributed by atoms with Gasteiger partial charge in [-0.2, -0.15) is 0 Å². The molecule has 0 aliphatic heterocycles.